The maximum atomic E-state index is 13.0. The Labute approximate surface area is 115 Å². The molecule has 0 amide bonds. The van der Waals surface area contributed by atoms with Crippen molar-refractivity contribution in [2.75, 3.05) is 12.3 Å². The first-order valence-corrected chi connectivity index (χ1v) is 7.21. The second-order valence-corrected chi connectivity index (χ2v) is 5.83. The molecule has 0 atom stereocenters. The van der Waals surface area contributed by atoms with Gasteiger partial charge >= 0.3 is 0 Å². The molecule has 0 radical (unpaired) electrons. The van der Waals surface area contributed by atoms with Crippen molar-refractivity contribution in [1.82, 2.24) is 14.9 Å². The summed E-state index contributed by atoms with van der Waals surface area (Å²) in [4.78, 5) is 3.85. The molecule has 0 fully saturated rings. The van der Waals surface area contributed by atoms with Crippen LogP contribution in [0.2, 0.25) is 0 Å². The van der Waals surface area contributed by atoms with Gasteiger partial charge in [0.05, 0.1) is 10.6 Å². The Balaban J connectivity index is 2.02. The molecule has 0 spiro atoms. The van der Waals surface area contributed by atoms with Crippen LogP contribution in [0, 0.1) is 12.7 Å². The number of nitrogens with one attached hydrogen (secondary N) is 1. The summed E-state index contributed by atoms with van der Waals surface area (Å²) in [6, 6.07) is 3.21. The molecular formula is C11H13FN4O3S. The summed E-state index contributed by atoms with van der Waals surface area (Å²) in [5.41, 5.74) is 5.12. The minimum absolute atomic E-state index is 0.0846. The first kappa shape index (κ1) is 14.4. The van der Waals surface area contributed by atoms with E-state index in [1.165, 1.54) is 0 Å². The molecule has 1 aromatic carbocycles. The predicted molar refractivity (Wildman–Crippen MR) is 68.7 cm³/mol. The predicted octanol–water partition coefficient (Wildman–Crippen LogP) is 0.620. The number of halogens is 1. The molecule has 0 unspecified atom stereocenters. The van der Waals surface area contributed by atoms with E-state index in [9.17, 15) is 12.8 Å². The van der Waals surface area contributed by atoms with E-state index in [4.69, 9.17) is 10.3 Å². The van der Waals surface area contributed by atoms with Gasteiger partial charge in [-0.05, 0) is 25.1 Å². The summed E-state index contributed by atoms with van der Waals surface area (Å²) < 4.78 is 44.1. The van der Waals surface area contributed by atoms with E-state index in [1.54, 1.807) is 6.92 Å². The van der Waals surface area contributed by atoms with E-state index in [0.717, 1.165) is 18.2 Å². The Bertz CT molecular complexity index is 714. The summed E-state index contributed by atoms with van der Waals surface area (Å²) in [7, 11) is -3.75. The zero-order chi connectivity index (χ0) is 14.8. The van der Waals surface area contributed by atoms with Crippen molar-refractivity contribution < 1.29 is 17.3 Å². The van der Waals surface area contributed by atoms with Crippen LogP contribution in [-0.2, 0) is 16.4 Å². The standard InChI is InChI=1S/C11H13FN4O3S/c1-7-15-11(19-16-7)4-5-14-20(17,18)8-2-3-9(12)10(13)6-8/h2-3,6,14H,4-5,13H2,1H3. The number of aryl methyl sites for hydroxylation is 1. The summed E-state index contributed by atoms with van der Waals surface area (Å²) in [5.74, 6) is 0.156. The molecule has 2 aromatic rings. The molecule has 1 aromatic heterocycles. The van der Waals surface area contributed by atoms with Crippen LogP contribution in [0.25, 0.3) is 0 Å². The number of nitrogens with zero attached hydrogens (tertiary/aromatic N) is 2. The van der Waals surface area contributed by atoms with Crippen molar-refractivity contribution in [3.05, 3.63) is 35.7 Å². The average molecular weight is 300 g/mol. The lowest BCUT2D eigenvalue weighted by Crippen LogP contribution is -2.26. The molecule has 9 heteroatoms. The highest BCUT2D eigenvalue weighted by atomic mass is 32.2. The van der Waals surface area contributed by atoms with Gasteiger partial charge in [-0.25, -0.2) is 17.5 Å². The third kappa shape index (κ3) is 3.31. The van der Waals surface area contributed by atoms with Crippen LogP contribution < -0.4 is 10.5 Å². The molecule has 108 valence electrons. The van der Waals surface area contributed by atoms with Gasteiger partial charge in [0.1, 0.15) is 5.82 Å². The van der Waals surface area contributed by atoms with Gasteiger partial charge in [0.25, 0.3) is 0 Å². The number of rotatable bonds is 5. The zero-order valence-electron chi connectivity index (χ0n) is 10.6. The maximum Gasteiger partial charge on any atom is 0.240 e. The topological polar surface area (TPSA) is 111 Å². The van der Waals surface area contributed by atoms with E-state index in [2.05, 4.69) is 14.9 Å². The van der Waals surface area contributed by atoms with Crippen molar-refractivity contribution in [2.45, 2.75) is 18.2 Å². The number of hydrogen-bond acceptors (Lipinski definition) is 6. The van der Waals surface area contributed by atoms with Crippen LogP contribution in [0.4, 0.5) is 10.1 Å². The molecule has 0 saturated carbocycles. The maximum absolute atomic E-state index is 13.0. The van der Waals surface area contributed by atoms with Crippen LogP contribution in [0.15, 0.2) is 27.6 Å². The van der Waals surface area contributed by atoms with Crippen LogP contribution in [-0.4, -0.2) is 25.1 Å². The molecule has 0 saturated heterocycles. The van der Waals surface area contributed by atoms with Gasteiger partial charge in [-0.3, -0.25) is 0 Å². The molecular weight excluding hydrogens is 287 g/mol. The lowest BCUT2D eigenvalue weighted by atomic mass is 10.3. The van der Waals surface area contributed by atoms with Gasteiger partial charge in [0.2, 0.25) is 15.9 Å². The Hall–Kier alpha value is -2.00. The monoisotopic (exact) mass is 300 g/mol. The first-order chi connectivity index (χ1) is 9.38. The lowest BCUT2D eigenvalue weighted by molar-refractivity contribution is 0.375. The van der Waals surface area contributed by atoms with Crippen molar-refractivity contribution in [3.8, 4) is 0 Å². The molecule has 2 rings (SSSR count). The molecule has 20 heavy (non-hydrogen) atoms. The largest absolute Gasteiger partial charge is 0.396 e. The van der Waals surface area contributed by atoms with E-state index in [-0.39, 0.29) is 23.5 Å². The van der Waals surface area contributed by atoms with Gasteiger partial charge in [-0.1, -0.05) is 5.16 Å². The molecule has 0 aliphatic carbocycles. The number of nitrogen functional groups attached to an aromatic ring is 1. The third-order valence-corrected chi connectivity index (χ3v) is 3.94. The highest BCUT2D eigenvalue weighted by Crippen LogP contribution is 2.16. The summed E-state index contributed by atoms with van der Waals surface area (Å²) in [5, 5.41) is 3.59. The highest BCUT2D eigenvalue weighted by Gasteiger charge is 2.15. The van der Waals surface area contributed by atoms with Crippen molar-refractivity contribution in [1.29, 1.82) is 0 Å². The highest BCUT2D eigenvalue weighted by molar-refractivity contribution is 7.89. The van der Waals surface area contributed by atoms with Crippen LogP contribution in [0.1, 0.15) is 11.7 Å². The first-order valence-electron chi connectivity index (χ1n) is 5.72. The number of sulfonamides is 1. The van der Waals surface area contributed by atoms with E-state index in [1.807, 2.05) is 0 Å². The fourth-order valence-corrected chi connectivity index (χ4v) is 2.57. The SMILES string of the molecule is Cc1noc(CCNS(=O)(=O)c2ccc(F)c(N)c2)n1. The minimum Gasteiger partial charge on any atom is -0.396 e. The number of anilines is 1. The number of benzene rings is 1. The normalized spacial score (nSPS) is 11.7. The Morgan fingerprint density at radius 3 is 2.80 bits per heavy atom. The second-order valence-electron chi connectivity index (χ2n) is 4.07. The summed E-state index contributed by atoms with van der Waals surface area (Å²) in [6.07, 6.45) is 0.261. The number of nitrogens with two attached hydrogens (primary N) is 1. The van der Waals surface area contributed by atoms with Gasteiger partial charge in [0.15, 0.2) is 5.82 Å². The van der Waals surface area contributed by atoms with Crippen molar-refractivity contribution in [2.24, 2.45) is 0 Å². The Morgan fingerprint density at radius 2 is 2.20 bits per heavy atom. The zero-order valence-corrected chi connectivity index (χ0v) is 11.4. The number of hydrogen-bond donors (Lipinski definition) is 2. The van der Waals surface area contributed by atoms with E-state index < -0.39 is 15.8 Å². The van der Waals surface area contributed by atoms with Crippen molar-refractivity contribution >= 4 is 15.7 Å². The fourth-order valence-electron chi connectivity index (χ4n) is 1.51. The Morgan fingerprint density at radius 1 is 1.45 bits per heavy atom. The lowest BCUT2D eigenvalue weighted by Gasteiger charge is -2.06. The van der Waals surface area contributed by atoms with E-state index in [0.29, 0.717) is 11.7 Å². The van der Waals surface area contributed by atoms with E-state index >= 15 is 0 Å². The van der Waals surface area contributed by atoms with Crippen molar-refractivity contribution in [3.63, 3.8) is 0 Å². The van der Waals surface area contributed by atoms with Crippen LogP contribution in [0.3, 0.4) is 0 Å². The van der Waals surface area contributed by atoms with Gasteiger partial charge in [-0.2, -0.15) is 4.98 Å². The summed E-state index contributed by atoms with van der Waals surface area (Å²) in [6.45, 7) is 1.75. The average Bonchev–Trinajstić information content (AvgIpc) is 2.78. The van der Waals surface area contributed by atoms with Gasteiger partial charge < -0.3 is 10.3 Å². The van der Waals surface area contributed by atoms with Crippen LogP contribution >= 0.6 is 0 Å². The van der Waals surface area contributed by atoms with Gasteiger partial charge in [0, 0.05) is 13.0 Å². The fraction of sp³-hybridized carbons (Fsp3) is 0.273. The Kier molecular flexibility index (Phi) is 4.00. The smallest absolute Gasteiger partial charge is 0.240 e. The number of aromatic nitrogens is 2. The second kappa shape index (κ2) is 5.55. The van der Waals surface area contributed by atoms with Crippen LogP contribution in [0.5, 0.6) is 0 Å². The quantitative estimate of drug-likeness (QED) is 0.783. The molecule has 0 aliphatic heterocycles. The molecule has 0 bridgehead atoms. The molecule has 3 N–H and O–H groups in total. The van der Waals surface area contributed by atoms with Gasteiger partial charge in [-0.15, -0.1) is 0 Å². The third-order valence-electron chi connectivity index (χ3n) is 2.48. The molecule has 0 aliphatic rings. The summed E-state index contributed by atoms with van der Waals surface area (Å²) >= 11 is 0. The molecule has 7 nitrogen and oxygen atoms in total. The molecule has 1 heterocycles. The minimum atomic E-state index is -3.75.